The lowest BCUT2D eigenvalue weighted by Gasteiger charge is -2.20. The predicted octanol–water partition coefficient (Wildman–Crippen LogP) is 10.6. The SMILES string of the molecule is CC/C=C\C/C=C\C/C=C\C/C=C\C/C=C\C=C/C(O)CCC(=O)O[C@H](COC(=O)CCCCCC/C=C\C/C=C\C/C=C\C/C=C\CC)COP(=O)(O)OC[C@@H](O)COP(=O)(O)O. The molecule has 0 fully saturated rings. The van der Waals surface area contributed by atoms with E-state index in [0.717, 1.165) is 77.0 Å². The minimum atomic E-state index is -4.90. The van der Waals surface area contributed by atoms with Crippen LogP contribution in [0.3, 0.4) is 0 Å². The topological polar surface area (TPSA) is 216 Å². The summed E-state index contributed by atoms with van der Waals surface area (Å²) in [7, 11) is -9.79. The van der Waals surface area contributed by atoms with Crippen LogP contribution in [0, 0.1) is 0 Å². The zero-order valence-corrected chi connectivity index (χ0v) is 39.7. The molecule has 0 heterocycles. The van der Waals surface area contributed by atoms with Gasteiger partial charge in [0.25, 0.3) is 0 Å². The van der Waals surface area contributed by atoms with Crippen LogP contribution in [0.15, 0.2) is 122 Å². The minimum Gasteiger partial charge on any atom is -0.462 e. The van der Waals surface area contributed by atoms with Crippen LogP contribution in [0.5, 0.6) is 0 Å². The van der Waals surface area contributed by atoms with E-state index >= 15 is 0 Å². The standard InChI is InChI=1S/C48H76O14P2/c1-3-5-7-9-11-13-15-17-19-21-23-25-27-29-31-33-35-37-47(51)58-42-46(43-61-64(56,57)60-41-45(50)40-59-63(53,54)55)62-48(52)39-38-44(49)36-34-32-30-28-26-24-22-20-18-16-14-12-10-8-6-4-2/h5-8,11-14,17-20,23-26,30,32,34,36,44-46,49-50H,3-4,9-10,15-16,21-22,27-29,31,33,35,37-43H2,1-2H3,(H,56,57)(H2,53,54,55)/b7-5-,8-6-,13-11-,14-12-,19-17-,20-18-,25-23-,26-24-,32-30-,36-34-/t44?,45-,46+/m0/s1. The molecule has 0 aliphatic carbocycles. The minimum absolute atomic E-state index is 0.00582. The molecule has 362 valence electrons. The molecule has 0 saturated heterocycles. The fourth-order valence-corrected chi connectivity index (χ4v) is 6.25. The quantitative estimate of drug-likeness (QED) is 0.0127. The van der Waals surface area contributed by atoms with E-state index in [4.69, 9.17) is 23.8 Å². The van der Waals surface area contributed by atoms with E-state index < -0.39 is 72.3 Å². The van der Waals surface area contributed by atoms with Gasteiger partial charge < -0.3 is 34.4 Å². The van der Waals surface area contributed by atoms with E-state index in [2.05, 4.69) is 114 Å². The van der Waals surface area contributed by atoms with Gasteiger partial charge in [-0.25, -0.2) is 9.13 Å². The number of esters is 2. The highest BCUT2D eigenvalue weighted by Gasteiger charge is 2.28. The molecule has 2 unspecified atom stereocenters. The summed E-state index contributed by atoms with van der Waals surface area (Å²) in [6.07, 6.45) is 49.4. The molecule has 64 heavy (non-hydrogen) atoms. The number of phosphoric ester groups is 2. The Labute approximate surface area is 382 Å². The average Bonchev–Trinajstić information content (AvgIpc) is 3.25. The van der Waals surface area contributed by atoms with Crippen LogP contribution in [-0.2, 0) is 41.8 Å². The summed E-state index contributed by atoms with van der Waals surface area (Å²) < 4.78 is 47.6. The first-order chi connectivity index (χ1) is 30.8. The van der Waals surface area contributed by atoms with Crippen LogP contribution in [0.2, 0.25) is 0 Å². The molecule has 0 saturated carbocycles. The maximum atomic E-state index is 12.7. The number of carbonyl (C=O) groups excluding carboxylic acids is 2. The van der Waals surface area contributed by atoms with Crippen LogP contribution in [-0.4, -0.2) is 81.6 Å². The number of phosphoric acid groups is 2. The highest BCUT2D eigenvalue weighted by molar-refractivity contribution is 7.47. The third-order valence-electron chi connectivity index (χ3n) is 8.45. The van der Waals surface area contributed by atoms with Crippen molar-refractivity contribution in [2.75, 3.05) is 26.4 Å². The largest absolute Gasteiger partial charge is 0.472 e. The van der Waals surface area contributed by atoms with Crippen molar-refractivity contribution in [3.63, 3.8) is 0 Å². The Hall–Kier alpha value is -3.52. The molecule has 0 bridgehead atoms. The predicted molar refractivity (Wildman–Crippen MR) is 254 cm³/mol. The van der Waals surface area contributed by atoms with Gasteiger partial charge in [-0.1, -0.05) is 148 Å². The van der Waals surface area contributed by atoms with Crippen LogP contribution < -0.4 is 0 Å². The monoisotopic (exact) mass is 938 g/mol. The molecule has 0 aromatic rings. The average molecular weight is 939 g/mol. The smallest absolute Gasteiger partial charge is 0.462 e. The molecule has 0 rings (SSSR count). The third-order valence-corrected chi connectivity index (χ3v) is 9.89. The number of hydrogen-bond acceptors (Lipinski definition) is 11. The number of ether oxygens (including phenoxy) is 2. The van der Waals surface area contributed by atoms with Crippen molar-refractivity contribution < 1.29 is 66.7 Å². The fraction of sp³-hybridized carbons (Fsp3) is 0.542. The van der Waals surface area contributed by atoms with Crippen LogP contribution in [0.25, 0.3) is 0 Å². The van der Waals surface area contributed by atoms with Crippen molar-refractivity contribution in [2.24, 2.45) is 0 Å². The van der Waals surface area contributed by atoms with E-state index in [0.29, 0.717) is 12.8 Å². The van der Waals surface area contributed by atoms with E-state index in [1.54, 1.807) is 12.2 Å². The van der Waals surface area contributed by atoms with Gasteiger partial charge in [0.2, 0.25) is 0 Å². The van der Waals surface area contributed by atoms with Crippen LogP contribution in [0.1, 0.15) is 123 Å². The van der Waals surface area contributed by atoms with E-state index in [1.807, 2.05) is 12.2 Å². The lowest BCUT2D eigenvalue weighted by atomic mass is 10.1. The normalized spacial score (nSPS) is 15.5. The molecule has 0 spiro atoms. The number of unbranched alkanes of at least 4 members (excludes halogenated alkanes) is 4. The lowest BCUT2D eigenvalue weighted by molar-refractivity contribution is -0.161. The fourth-order valence-electron chi connectivity index (χ4n) is 5.09. The molecule has 5 N–H and O–H groups in total. The molecule has 0 aliphatic rings. The van der Waals surface area contributed by atoms with E-state index in [1.165, 1.54) is 6.08 Å². The van der Waals surface area contributed by atoms with Crippen molar-refractivity contribution in [3.8, 4) is 0 Å². The highest BCUT2D eigenvalue weighted by atomic mass is 31.2. The number of carbonyl (C=O) groups is 2. The Bertz CT molecular complexity index is 1600. The van der Waals surface area contributed by atoms with Crippen molar-refractivity contribution in [3.05, 3.63) is 122 Å². The van der Waals surface area contributed by atoms with Gasteiger partial charge in [0.05, 0.1) is 25.9 Å². The van der Waals surface area contributed by atoms with Crippen molar-refractivity contribution in [1.29, 1.82) is 0 Å². The van der Waals surface area contributed by atoms with Crippen LogP contribution in [0.4, 0.5) is 0 Å². The molecule has 4 atom stereocenters. The van der Waals surface area contributed by atoms with Crippen molar-refractivity contribution >= 4 is 27.6 Å². The molecule has 16 heteroatoms. The zero-order chi connectivity index (χ0) is 47.4. The molecule has 0 aliphatic heterocycles. The number of rotatable bonds is 40. The van der Waals surface area contributed by atoms with Gasteiger partial charge in [0.1, 0.15) is 12.7 Å². The van der Waals surface area contributed by atoms with Crippen molar-refractivity contribution in [2.45, 2.75) is 141 Å². The zero-order valence-electron chi connectivity index (χ0n) is 37.9. The van der Waals surface area contributed by atoms with Gasteiger partial charge in [-0.15, -0.1) is 0 Å². The molecule has 0 amide bonds. The second-order valence-electron chi connectivity index (χ2n) is 14.4. The molecule has 14 nitrogen and oxygen atoms in total. The van der Waals surface area contributed by atoms with Crippen molar-refractivity contribution in [1.82, 2.24) is 0 Å². The van der Waals surface area contributed by atoms with Crippen LogP contribution >= 0.6 is 15.6 Å². The summed E-state index contributed by atoms with van der Waals surface area (Å²) in [5.74, 6) is -1.36. The van der Waals surface area contributed by atoms with Gasteiger partial charge >= 0.3 is 27.6 Å². The summed E-state index contributed by atoms with van der Waals surface area (Å²) in [4.78, 5) is 52.8. The molecular formula is C48H76O14P2. The first-order valence-corrected chi connectivity index (χ1v) is 25.4. The third kappa shape index (κ3) is 45.1. The number of aliphatic hydroxyl groups is 2. The maximum Gasteiger partial charge on any atom is 0.472 e. The lowest BCUT2D eigenvalue weighted by Crippen LogP contribution is -2.30. The Morgan fingerprint density at radius 2 is 0.984 bits per heavy atom. The summed E-state index contributed by atoms with van der Waals surface area (Å²) in [5, 5.41) is 20.1. The van der Waals surface area contributed by atoms with Gasteiger partial charge in [-0.2, -0.15) is 0 Å². The Morgan fingerprint density at radius 1 is 0.516 bits per heavy atom. The van der Waals surface area contributed by atoms with E-state index in [-0.39, 0.29) is 19.3 Å². The Morgan fingerprint density at radius 3 is 1.52 bits per heavy atom. The summed E-state index contributed by atoms with van der Waals surface area (Å²) in [6.45, 7) is 1.21. The van der Waals surface area contributed by atoms with Gasteiger partial charge in [-0.3, -0.25) is 23.2 Å². The molecule has 0 radical (unpaired) electrons. The highest BCUT2D eigenvalue weighted by Crippen LogP contribution is 2.43. The molecule has 0 aromatic heterocycles. The number of aliphatic hydroxyl groups excluding tert-OH is 2. The maximum absolute atomic E-state index is 12.7. The van der Waals surface area contributed by atoms with Gasteiger partial charge in [-0.05, 0) is 83.5 Å². The Kier molecular flexibility index (Phi) is 39.8. The summed E-state index contributed by atoms with van der Waals surface area (Å²) >= 11 is 0. The second-order valence-corrected chi connectivity index (χ2v) is 17.1. The van der Waals surface area contributed by atoms with E-state index in [9.17, 15) is 33.8 Å². The number of hydrogen-bond donors (Lipinski definition) is 5. The number of allylic oxidation sites excluding steroid dienone is 19. The van der Waals surface area contributed by atoms with Gasteiger partial charge in [0.15, 0.2) is 6.10 Å². The summed E-state index contributed by atoms with van der Waals surface area (Å²) in [6, 6.07) is 0. The first kappa shape index (κ1) is 60.5. The summed E-state index contributed by atoms with van der Waals surface area (Å²) in [5.41, 5.74) is 0. The second kappa shape index (κ2) is 42.1. The van der Waals surface area contributed by atoms with Gasteiger partial charge in [0, 0.05) is 12.8 Å². The Balaban J connectivity index is 4.80. The first-order valence-electron chi connectivity index (χ1n) is 22.3. The molecular weight excluding hydrogens is 862 g/mol. The molecule has 0 aromatic carbocycles.